The average Bonchev–Trinajstić information content (AvgIpc) is 2.67. The molecule has 104 valence electrons. The number of pyridine rings is 1. The van der Waals surface area contributed by atoms with Crippen molar-refractivity contribution in [1.82, 2.24) is 10.3 Å². The van der Waals surface area contributed by atoms with E-state index in [1.807, 2.05) is 30.5 Å². The maximum absolute atomic E-state index is 6.16. The van der Waals surface area contributed by atoms with Crippen molar-refractivity contribution in [1.29, 1.82) is 0 Å². The van der Waals surface area contributed by atoms with Gasteiger partial charge in [0.15, 0.2) is 0 Å². The standard InChI is InChI=1S/C17H19ClN2/c1-17(2)10-12-6-7-13(18)9-15(12)16(17)20-11-14-5-3-4-8-19-14/h3-9,16,20H,10-11H2,1-2H3. The third-order valence-electron chi connectivity index (χ3n) is 4.06. The normalized spacial score (nSPS) is 19.9. The molecule has 0 aliphatic heterocycles. The molecule has 0 fully saturated rings. The summed E-state index contributed by atoms with van der Waals surface area (Å²) in [5.41, 5.74) is 4.00. The zero-order chi connectivity index (χ0) is 14.2. The second-order valence-electron chi connectivity index (χ2n) is 6.14. The molecule has 0 saturated heterocycles. The van der Waals surface area contributed by atoms with Gasteiger partial charge in [0.25, 0.3) is 0 Å². The van der Waals surface area contributed by atoms with Crippen molar-refractivity contribution >= 4 is 11.6 Å². The van der Waals surface area contributed by atoms with Crippen LogP contribution in [0.4, 0.5) is 0 Å². The highest BCUT2D eigenvalue weighted by atomic mass is 35.5. The summed E-state index contributed by atoms with van der Waals surface area (Å²) in [4.78, 5) is 4.37. The van der Waals surface area contributed by atoms with Crippen molar-refractivity contribution < 1.29 is 0 Å². The number of aromatic nitrogens is 1. The lowest BCUT2D eigenvalue weighted by molar-refractivity contribution is 0.267. The van der Waals surface area contributed by atoms with Crippen molar-refractivity contribution in [3.05, 3.63) is 64.4 Å². The Bertz CT molecular complexity index is 608. The molecule has 0 amide bonds. The van der Waals surface area contributed by atoms with Gasteiger partial charge in [-0.25, -0.2) is 0 Å². The minimum atomic E-state index is 0.196. The predicted octanol–water partition coefficient (Wildman–Crippen LogP) is 4.15. The molecule has 2 aromatic rings. The average molecular weight is 287 g/mol. The maximum Gasteiger partial charge on any atom is 0.0541 e. The molecule has 0 saturated carbocycles. The first-order valence-electron chi connectivity index (χ1n) is 6.98. The number of hydrogen-bond donors (Lipinski definition) is 1. The van der Waals surface area contributed by atoms with Crippen molar-refractivity contribution in [2.24, 2.45) is 5.41 Å². The summed E-state index contributed by atoms with van der Waals surface area (Å²) in [6.07, 6.45) is 2.92. The van der Waals surface area contributed by atoms with Crippen LogP contribution in [0.5, 0.6) is 0 Å². The molecule has 3 rings (SSSR count). The molecule has 1 aliphatic carbocycles. The summed E-state index contributed by atoms with van der Waals surface area (Å²) >= 11 is 6.16. The summed E-state index contributed by atoms with van der Waals surface area (Å²) in [6, 6.07) is 12.6. The summed E-state index contributed by atoms with van der Waals surface area (Å²) in [5.74, 6) is 0. The molecule has 3 heteroatoms. The first kappa shape index (κ1) is 13.6. The Morgan fingerprint density at radius 3 is 2.90 bits per heavy atom. The van der Waals surface area contributed by atoms with Gasteiger partial charge >= 0.3 is 0 Å². The summed E-state index contributed by atoms with van der Waals surface area (Å²) < 4.78 is 0. The molecule has 1 aliphatic rings. The molecule has 20 heavy (non-hydrogen) atoms. The van der Waals surface area contributed by atoms with Gasteiger partial charge in [-0.05, 0) is 47.2 Å². The van der Waals surface area contributed by atoms with E-state index in [0.29, 0.717) is 6.04 Å². The van der Waals surface area contributed by atoms with E-state index in [2.05, 4.69) is 36.3 Å². The van der Waals surface area contributed by atoms with E-state index in [1.54, 1.807) is 0 Å². The number of nitrogens with one attached hydrogen (secondary N) is 1. The van der Waals surface area contributed by atoms with Gasteiger partial charge in [0, 0.05) is 23.8 Å². The minimum Gasteiger partial charge on any atom is -0.304 e. The van der Waals surface area contributed by atoms with E-state index in [-0.39, 0.29) is 5.41 Å². The second-order valence-corrected chi connectivity index (χ2v) is 6.58. The summed E-state index contributed by atoms with van der Waals surface area (Å²) in [6.45, 7) is 5.38. The highest BCUT2D eigenvalue weighted by molar-refractivity contribution is 6.30. The van der Waals surface area contributed by atoms with Gasteiger partial charge in [0.1, 0.15) is 0 Å². The third-order valence-corrected chi connectivity index (χ3v) is 4.30. The topological polar surface area (TPSA) is 24.9 Å². The van der Waals surface area contributed by atoms with E-state index in [9.17, 15) is 0 Å². The number of hydrogen-bond acceptors (Lipinski definition) is 2. The highest BCUT2D eigenvalue weighted by Crippen LogP contribution is 2.45. The van der Waals surface area contributed by atoms with Crippen LogP contribution in [0.3, 0.4) is 0 Å². The van der Waals surface area contributed by atoms with Crippen molar-refractivity contribution in [2.75, 3.05) is 0 Å². The van der Waals surface area contributed by atoms with E-state index in [0.717, 1.165) is 23.7 Å². The van der Waals surface area contributed by atoms with Gasteiger partial charge in [0.2, 0.25) is 0 Å². The molecule has 1 atom stereocenters. The summed E-state index contributed by atoms with van der Waals surface area (Å²) in [7, 11) is 0. The van der Waals surface area contributed by atoms with Crippen LogP contribution in [0.2, 0.25) is 5.02 Å². The lowest BCUT2D eigenvalue weighted by Gasteiger charge is -2.28. The monoisotopic (exact) mass is 286 g/mol. The molecule has 0 bridgehead atoms. The number of rotatable bonds is 3. The van der Waals surface area contributed by atoms with Crippen LogP contribution in [0.1, 0.15) is 36.7 Å². The summed E-state index contributed by atoms with van der Waals surface area (Å²) in [5, 5.41) is 4.46. The van der Waals surface area contributed by atoms with Crippen LogP contribution in [-0.4, -0.2) is 4.98 Å². The molecular weight excluding hydrogens is 268 g/mol. The van der Waals surface area contributed by atoms with Crippen LogP contribution in [0.25, 0.3) is 0 Å². The van der Waals surface area contributed by atoms with E-state index < -0.39 is 0 Å². The van der Waals surface area contributed by atoms with E-state index in [1.165, 1.54) is 11.1 Å². The molecule has 0 spiro atoms. The molecule has 0 radical (unpaired) electrons. The van der Waals surface area contributed by atoms with Crippen molar-refractivity contribution in [2.45, 2.75) is 32.9 Å². The Morgan fingerprint density at radius 1 is 1.30 bits per heavy atom. The molecule has 2 nitrogen and oxygen atoms in total. The minimum absolute atomic E-state index is 0.196. The molecule has 1 unspecified atom stereocenters. The Labute approximate surface area is 125 Å². The first-order valence-corrected chi connectivity index (χ1v) is 7.36. The van der Waals surface area contributed by atoms with Crippen LogP contribution in [0.15, 0.2) is 42.6 Å². The van der Waals surface area contributed by atoms with Crippen LogP contribution < -0.4 is 5.32 Å². The van der Waals surface area contributed by atoms with E-state index in [4.69, 9.17) is 11.6 Å². The Morgan fingerprint density at radius 2 is 2.15 bits per heavy atom. The molecule has 1 N–H and O–H groups in total. The van der Waals surface area contributed by atoms with Gasteiger partial charge in [0.05, 0.1) is 5.69 Å². The zero-order valence-corrected chi connectivity index (χ0v) is 12.6. The lowest BCUT2D eigenvalue weighted by atomic mass is 9.85. The van der Waals surface area contributed by atoms with Crippen LogP contribution in [-0.2, 0) is 13.0 Å². The maximum atomic E-state index is 6.16. The number of nitrogens with zero attached hydrogens (tertiary/aromatic N) is 1. The molecular formula is C17H19ClN2. The Balaban J connectivity index is 1.83. The quantitative estimate of drug-likeness (QED) is 0.917. The van der Waals surface area contributed by atoms with Crippen LogP contribution >= 0.6 is 11.6 Å². The van der Waals surface area contributed by atoms with Crippen molar-refractivity contribution in [3.8, 4) is 0 Å². The molecule has 1 aromatic heterocycles. The van der Waals surface area contributed by atoms with Gasteiger partial charge in [-0.3, -0.25) is 4.98 Å². The predicted molar refractivity (Wildman–Crippen MR) is 82.8 cm³/mol. The zero-order valence-electron chi connectivity index (χ0n) is 11.9. The first-order chi connectivity index (χ1) is 9.56. The SMILES string of the molecule is CC1(C)Cc2ccc(Cl)cc2C1NCc1ccccn1. The van der Waals surface area contributed by atoms with Gasteiger partial charge in [-0.15, -0.1) is 0 Å². The largest absolute Gasteiger partial charge is 0.304 e. The van der Waals surface area contributed by atoms with Crippen molar-refractivity contribution in [3.63, 3.8) is 0 Å². The van der Waals surface area contributed by atoms with Gasteiger partial charge in [-0.1, -0.05) is 37.6 Å². The second kappa shape index (κ2) is 5.19. The fourth-order valence-electron chi connectivity index (χ4n) is 3.10. The number of fused-ring (bicyclic) bond motifs is 1. The van der Waals surface area contributed by atoms with Gasteiger partial charge < -0.3 is 5.32 Å². The lowest BCUT2D eigenvalue weighted by Crippen LogP contribution is -2.31. The van der Waals surface area contributed by atoms with Gasteiger partial charge in [-0.2, -0.15) is 0 Å². The fourth-order valence-corrected chi connectivity index (χ4v) is 3.29. The Hall–Kier alpha value is -1.38. The number of benzene rings is 1. The molecule has 1 heterocycles. The van der Waals surface area contributed by atoms with Crippen LogP contribution in [0, 0.1) is 5.41 Å². The number of halogens is 1. The Kier molecular flexibility index (Phi) is 3.53. The highest BCUT2D eigenvalue weighted by Gasteiger charge is 2.38. The smallest absolute Gasteiger partial charge is 0.0541 e. The molecule has 1 aromatic carbocycles. The third kappa shape index (κ3) is 2.58. The van der Waals surface area contributed by atoms with E-state index >= 15 is 0 Å². The fraction of sp³-hybridized carbons (Fsp3) is 0.353.